The predicted octanol–water partition coefficient (Wildman–Crippen LogP) is 1.92. The van der Waals surface area contributed by atoms with Gasteiger partial charge in [-0.05, 0) is 38.6 Å². The van der Waals surface area contributed by atoms with E-state index in [0.717, 1.165) is 58.2 Å². The summed E-state index contributed by atoms with van der Waals surface area (Å²) in [5.41, 5.74) is -0.281. The Morgan fingerprint density at radius 1 is 1.35 bits per heavy atom. The summed E-state index contributed by atoms with van der Waals surface area (Å²) in [5.74, 6) is 0.659. The van der Waals surface area contributed by atoms with Crippen molar-refractivity contribution in [1.29, 1.82) is 0 Å². The Balaban J connectivity index is 1.72. The van der Waals surface area contributed by atoms with Crippen LogP contribution in [0.2, 0.25) is 0 Å². The van der Waals surface area contributed by atoms with Crippen LogP contribution in [0.4, 0.5) is 0 Å². The lowest BCUT2D eigenvalue weighted by molar-refractivity contribution is -0.147. The normalized spacial score (nSPS) is 42.0. The van der Waals surface area contributed by atoms with Gasteiger partial charge in [0.1, 0.15) is 5.78 Å². The fraction of sp³-hybridized carbons (Fsp3) is 0.938. The average molecular weight is 281 g/mol. The summed E-state index contributed by atoms with van der Waals surface area (Å²) in [7, 11) is 0. The van der Waals surface area contributed by atoms with Gasteiger partial charge in [-0.25, -0.2) is 0 Å². The molecule has 114 valence electrons. The zero-order valence-electron chi connectivity index (χ0n) is 12.6. The highest BCUT2D eigenvalue weighted by atomic mass is 16.6. The van der Waals surface area contributed by atoms with Crippen molar-refractivity contribution < 1.29 is 14.3 Å². The molecule has 3 atom stereocenters. The molecule has 3 aliphatic rings. The Hall–Kier alpha value is -0.450. The van der Waals surface area contributed by atoms with E-state index in [4.69, 9.17) is 9.47 Å². The Kier molecular flexibility index (Phi) is 4.16. The molecule has 3 aliphatic heterocycles. The monoisotopic (exact) mass is 281 g/mol. The smallest absolute Gasteiger partial charge is 0.143 e. The third-order valence-electron chi connectivity index (χ3n) is 5.60. The number of ether oxygens (including phenoxy) is 2. The lowest BCUT2D eigenvalue weighted by Crippen LogP contribution is -2.51. The zero-order valence-corrected chi connectivity index (χ0v) is 12.6. The van der Waals surface area contributed by atoms with E-state index in [1.54, 1.807) is 0 Å². The molecule has 0 amide bonds. The van der Waals surface area contributed by atoms with Crippen LogP contribution in [0.3, 0.4) is 0 Å². The number of nitrogens with one attached hydrogen (secondary N) is 1. The van der Waals surface area contributed by atoms with Crippen molar-refractivity contribution in [3.8, 4) is 0 Å². The molecule has 0 aromatic carbocycles. The summed E-state index contributed by atoms with van der Waals surface area (Å²) in [4.78, 5) is 13.1. The summed E-state index contributed by atoms with van der Waals surface area (Å²) in [6, 6.07) is 0. The molecule has 0 radical (unpaired) electrons. The second kappa shape index (κ2) is 5.74. The number of piperidine rings is 1. The molecular weight excluding hydrogens is 254 g/mol. The number of hydrogen-bond acceptors (Lipinski definition) is 4. The molecule has 0 aromatic rings. The van der Waals surface area contributed by atoms with Crippen molar-refractivity contribution in [1.82, 2.24) is 5.32 Å². The summed E-state index contributed by atoms with van der Waals surface area (Å²) in [5, 5.41) is 3.43. The number of carbonyl (C=O) groups is 1. The molecule has 0 aromatic heterocycles. The van der Waals surface area contributed by atoms with Gasteiger partial charge >= 0.3 is 0 Å². The summed E-state index contributed by atoms with van der Waals surface area (Å²) in [6.45, 7) is 6.25. The first-order chi connectivity index (χ1) is 9.70. The zero-order chi connectivity index (χ0) is 14.1. The Morgan fingerprint density at radius 2 is 2.25 bits per heavy atom. The van der Waals surface area contributed by atoms with E-state index < -0.39 is 0 Å². The van der Waals surface area contributed by atoms with Gasteiger partial charge in [0, 0.05) is 37.5 Å². The first kappa shape index (κ1) is 14.5. The van der Waals surface area contributed by atoms with Crippen LogP contribution in [0.15, 0.2) is 0 Å². The predicted molar refractivity (Wildman–Crippen MR) is 76.7 cm³/mol. The largest absolute Gasteiger partial charge is 0.378 e. The average Bonchev–Trinajstić information content (AvgIpc) is 2.95. The molecule has 4 heteroatoms. The van der Waals surface area contributed by atoms with Gasteiger partial charge in [0.15, 0.2) is 0 Å². The van der Waals surface area contributed by atoms with Crippen LogP contribution in [0, 0.1) is 11.3 Å². The maximum atomic E-state index is 13.1. The third-order valence-corrected chi connectivity index (χ3v) is 5.60. The highest BCUT2D eigenvalue weighted by Gasteiger charge is 2.47. The maximum Gasteiger partial charge on any atom is 0.143 e. The van der Waals surface area contributed by atoms with Gasteiger partial charge in [-0.1, -0.05) is 6.92 Å². The molecule has 3 rings (SSSR count). The Bertz CT molecular complexity index is 357. The van der Waals surface area contributed by atoms with E-state index in [-0.39, 0.29) is 16.9 Å². The standard InChI is InChI=1S/C16H27NO3/c1-2-15(5-3-7-17-11-15)14(18)13-4-8-20-16(10-13)6-9-19-12-16/h13,17H,2-12H2,1H3. The molecule has 0 aliphatic carbocycles. The van der Waals surface area contributed by atoms with Crippen molar-refractivity contribution in [2.45, 2.75) is 51.0 Å². The second-order valence-electron chi connectivity index (χ2n) is 6.80. The molecular formula is C16H27NO3. The molecule has 3 unspecified atom stereocenters. The first-order valence-electron chi connectivity index (χ1n) is 8.16. The van der Waals surface area contributed by atoms with Crippen LogP contribution in [-0.4, -0.2) is 44.3 Å². The molecule has 0 bridgehead atoms. The molecule has 3 fully saturated rings. The van der Waals surface area contributed by atoms with E-state index in [2.05, 4.69) is 12.2 Å². The van der Waals surface area contributed by atoms with Crippen LogP contribution in [0.1, 0.15) is 45.4 Å². The van der Waals surface area contributed by atoms with Crippen LogP contribution in [-0.2, 0) is 14.3 Å². The SMILES string of the molecule is CCC1(C(=O)C2CCOC3(CCOC3)C2)CCCNC1. The Labute approximate surface area is 121 Å². The van der Waals surface area contributed by atoms with Crippen molar-refractivity contribution in [3.63, 3.8) is 0 Å². The van der Waals surface area contributed by atoms with Gasteiger partial charge in [-0.3, -0.25) is 4.79 Å². The number of rotatable bonds is 3. The number of carbonyl (C=O) groups excluding carboxylic acids is 1. The minimum absolute atomic E-state index is 0.124. The molecule has 1 spiro atoms. The first-order valence-corrected chi connectivity index (χ1v) is 8.16. The molecule has 3 saturated heterocycles. The number of hydrogen-bond donors (Lipinski definition) is 1. The van der Waals surface area contributed by atoms with E-state index in [9.17, 15) is 4.79 Å². The van der Waals surface area contributed by atoms with Gasteiger partial charge in [-0.15, -0.1) is 0 Å². The molecule has 1 N–H and O–H groups in total. The van der Waals surface area contributed by atoms with Crippen molar-refractivity contribution >= 4 is 5.78 Å². The van der Waals surface area contributed by atoms with E-state index >= 15 is 0 Å². The van der Waals surface area contributed by atoms with Gasteiger partial charge < -0.3 is 14.8 Å². The lowest BCUT2D eigenvalue weighted by Gasteiger charge is -2.42. The van der Waals surface area contributed by atoms with E-state index in [0.29, 0.717) is 19.0 Å². The van der Waals surface area contributed by atoms with Crippen LogP contribution < -0.4 is 5.32 Å². The van der Waals surface area contributed by atoms with Crippen molar-refractivity contribution in [2.24, 2.45) is 11.3 Å². The van der Waals surface area contributed by atoms with Gasteiger partial charge in [0.05, 0.1) is 12.2 Å². The third kappa shape index (κ3) is 2.53. The highest BCUT2D eigenvalue weighted by Crippen LogP contribution is 2.41. The van der Waals surface area contributed by atoms with Crippen LogP contribution >= 0.6 is 0 Å². The molecule has 3 heterocycles. The van der Waals surface area contributed by atoms with Crippen molar-refractivity contribution in [3.05, 3.63) is 0 Å². The maximum absolute atomic E-state index is 13.1. The quantitative estimate of drug-likeness (QED) is 0.858. The van der Waals surface area contributed by atoms with E-state index in [1.165, 1.54) is 0 Å². The van der Waals surface area contributed by atoms with Crippen LogP contribution in [0.25, 0.3) is 0 Å². The summed E-state index contributed by atoms with van der Waals surface area (Å²) in [6.07, 6.45) is 5.84. The molecule has 0 saturated carbocycles. The highest BCUT2D eigenvalue weighted by molar-refractivity contribution is 5.87. The van der Waals surface area contributed by atoms with Gasteiger partial charge in [-0.2, -0.15) is 0 Å². The number of ketones is 1. The lowest BCUT2D eigenvalue weighted by atomic mass is 9.68. The summed E-state index contributed by atoms with van der Waals surface area (Å²) < 4.78 is 11.5. The minimum Gasteiger partial charge on any atom is -0.378 e. The van der Waals surface area contributed by atoms with Gasteiger partial charge in [0.25, 0.3) is 0 Å². The Morgan fingerprint density at radius 3 is 2.90 bits per heavy atom. The second-order valence-corrected chi connectivity index (χ2v) is 6.80. The summed E-state index contributed by atoms with van der Waals surface area (Å²) >= 11 is 0. The van der Waals surface area contributed by atoms with Crippen molar-refractivity contribution in [2.75, 3.05) is 32.9 Å². The fourth-order valence-corrected chi connectivity index (χ4v) is 4.20. The molecule has 4 nitrogen and oxygen atoms in total. The fourth-order valence-electron chi connectivity index (χ4n) is 4.20. The number of Topliss-reactive ketones (excluding diaryl/α,β-unsaturated/α-hetero) is 1. The topological polar surface area (TPSA) is 47.6 Å². The van der Waals surface area contributed by atoms with E-state index in [1.807, 2.05) is 0 Å². The van der Waals surface area contributed by atoms with Gasteiger partial charge in [0.2, 0.25) is 0 Å². The van der Waals surface area contributed by atoms with Crippen LogP contribution in [0.5, 0.6) is 0 Å². The minimum atomic E-state index is -0.157. The molecule has 20 heavy (non-hydrogen) atoms.